The highest BCUT2D eigenvalue weighted by molar-refractivity contribution is 5.64. The van der Waals surface area contributed by atoms with Crippen molar-refractivity contribution in [1.82, 2.24) is 9.99 Å². The second-order valence-electron chi connectivity index (χ2n) is 6.14. The molecule has 130 valence electrons. The van der Waals surface area contributed by atoms with Crippen molar-refractivity contribution in [3.05, 3.63) is 29.2 Å². The topological polar surface area (TPSA) is 97.6 Å². The molecule has 6 heteroatoms. The van der Waals surface area contributed by atoms with Gasteiger partial charge in [0.15, 0.2) is 6.10 Å². The van der Waals surface area contributed by atoms with Gasteiger partial charge in [0.1, 0.15) is 5.75 Å². The first-order valence-corrected chi connectivity index (χ1v) is 8.21. The Kier molecular flexibility index (Phi) is 6.07. The summed E-state index contributed by atoms with van der Waals surface area (Å²) in [6.07, 6.45) is 10.2. The molecule has 0 bridgehead atoms. The predicted molar refractivity (Wildman–Crippen MR) is 94.4 cm³/mol. The Bertz CT molecular complexity index is 643. The molecule has 1 aliphatic carbocycles. The summed E-state index contributed by atoms with van der Waals surface area (Å²) in [5, 5.41) is 11.1. The molecule has 1 aromatic rings. The van der Waals surface area contributed by atoms with Gasteiger partial charge >= 0.3 is 0 Å². The average molecular weight is 330 g/mol. The molecular weight excluding hydrogens is 304 g/mol. The number of aliphatic hydroxyl groups is 1. The van der Waals surface area contributed by atoms with E-state index in [4.69, 9.17) is 22.7 Å². The minimum Gasteiger partial charge on any atom is -0.489 e. The number of terminal acetylenes is 1. The molecule has 1 atom stereocenters. The van der Waals surface area contributed by atoms with Crippen LogP contribution in [0.5, 0.6) is 5.75 Å². The highest BCUT2D eigenvalue weighted by Crippen LogP contribution is 2.26. The lowest BCUT2D eigenvalue weighted by molar-refractivity contribution is 0.153. The van der Waals surface area contributed by atoms with Crippen LogP contribution < -0.4 is 16.3 Å². The molecule has 5 N–H and O–H groups in total. The Labute approximate surface area is 143 Å². The molecule has 0 amide bonds. The van der Waals surface area contributed by atoms with Crippen molar-refractivity contribution >= 4 is 5.70 Å². The third-order valence-corrected chi connectivity index (χ3v) is 4.23. The second-order valence-corrected chi connectivity index (χ2v) is 6.14. The van der Waals surface area contributed by atoms with E-state index in [0.29, 0.717) is 5.69 Å². The Morgan fingerprint density at radius 1 is 1.42 bits per heavy atom. The summed E-state index contributed by atoms with van der Waals surface area (Å²) in [5.74, 6) is 8.71. The molecule has 0 aromatic carbocycles. The number of pyridine rings is 1. The van der Waals surface area contributed by atoms with E-state index in [-0.39, 0.29) is 17.5 Å². The summed E-state index contributed by atoms with van der Waals surface area (Å²) < 4.78 is 6.06. The third kappa shape index (κ3) is 4.19. The van der Waals surface area contributed by atoms with Gasteiger partial charge in [0.25, 0.3) is 0 Å². The number of hydrazine groups is 1. The SMILES string of the molecule is C#CC(O)/C(=C(/N)c1ccc(OC2CCCCC2)c(C)n1)N(C)N. The van der Waals surface area contributed by atoms with E-state index in [1.807, 2.05) is 13.0 Å². The van der Waals surface area contributed by atoms with Gasteiger partial charge in [-0.2, -0.15) is 0 Å². The maximum absolute atomic E-state index is 9.91. The molecule has 24 heavy (non-hydrogen) atoms. The largest absolute Gasteiger partial charge is 0.489 e. The monoisotopic (exact) mass is 330 g/mol. The first-order chi connectivity index (χ1) is 11.4. The van der Waals surface area contributed by atoms with Gasteiger partial charge in [-0.25, -0.2) is 10.8 Å². The zero-order valence-corrected chi connectivity index (χ0v) is 14.3. The van der Waals surface area contributed by atoms with Gasteiger partial charge in [0.05, 0.1) is 28.9 Å². The van der Waals surface area contributed by atoms with Crippen LogP contribution >= 0.6 is 0 Å². The molecule has 1 fully saturated rings. The van der Waals surface area contributed by atoms with Crippen molar-refractivity contribution in [2.45, 2.75) is 51.2 Å². The van der Waals surface area contributed by atoms with Crippen molar-refractivity contribution < 1.29 is 9.84 Å². The summed E-state index contributed by atoms with van der Waals surface area (Å²) in [6, 6.07) is 3.61. The number of nitrogens with zero attached hydrogens (tertiary/aromatic N) is 2. The van der Waals surface area contributed by atoms with Crippen LogP contribution in [0.1, 0.15) is 43.5 Å². The molecule has 0 saturated heterocycles. The fourth-order valence-corrected chi connectivity index (χ4v) is 2.93. The lowest BCUT2D eigenvalue weighted by Crippen LogP contribution is -2.34. The van der Waals surface area contributed by atoms with E-state index < -0.39 is 6.10 Å². The Hall–Kier alpha value is -2.23. The molecule has 2 rings (SSSR count). The maximum atomic E-state index is 9.91. The van der Waals surface area contributed by atoms with Crippen LogP contribution in [0.3, 0.4) is 0 Å². The van der Waals surface area contributed by atoms with Crippen LogP contribution in [0.4, 0.5) is 0 Å². The van der Waals surface area contributed by atoms with Gasteiger partial charge in [-0.05, 0) is 44.7 Å². The number of hydrogen-bond acceptors (Lipinski definition) is 6. The second kappa shape index (κ2) is 8.04. The summed E-state index contributed by atoms with van der Waals surface area (Å²) in [6.45, 7) is 1.87. The van der Waals surface area contributed by atoms with Gasteiger partial charge in [0.2, 0.25) is 0 Å². The third-order valence-electron chi connectivity index (χ3n) is 4.23. The first kappa shape index (κ1) is 18.1. The number of ether oxygens (including phenoxy) is 1. The van der Waals surface area contributed by atoms with Crippen molar-refractivity contribution in [1.29, 1.82) is 0 Å². The Morgan fingerprint density at radius 2 is 2.08 bits per heavy atom. The molecule has 1 saturated carbocycles. The normalized spacial score (nSPS) is 17.6. The first-order valence-electron chi connectivity index (χ1n) is 8.21. The molecule has 0 radical (unpaired) electrons. The van der Waals surface area contributed by atoms with Crippen LogP contribution in [0.2, 0.25) is 0 Å². The van der Waals surface area contributed by atoms with Crippen molar-refractivity contribution in [2.75, 3.05) is 7.05 Å². The predicted octanol–water partition coefficient (Wildman–Crippen LogP) is 1.53. The fraction of sp³-hybridized carbons (Fsp3) is 0.500. The van der Waals surface area contributed by atoms with Crippen LogP contribution in [0, 0.1) is 19.3 Å². The average Bonchev–Trinajstić information content (AvgIpc) is 2.57. The lowest BCUT2D eigenvalue weighted by atomic mass is 9.98. The van der Waals surface area contributed by atoms with Crippen LogP contribution in [-0.2, 0) is 0 Å². The summed E-state index contributed by atoms with van der Waals surface area (Å²) in [4.78, 5) is 4.49. The van der Waals surface area contributed by atoms with Crippen molar-refractivity contribution in [3.63, 3.8) is 0 Å². The van der Waals surface area contributed by atoms with E-state index in [1.54, 1.807) is 13.1 Å². The minimum atomic E-state index is -1.19. The number of aryl methyl sites for hydroxylation is 1. The van der Waals surface area contributed by atoms with Gasteiger partial charge in [-0.15, -0.1) is 6.42 Å². The number of hydrogen-bond donors (Lipinski definition) is 3. The molecule has 6 nitrogen and oxygen atoms in total. The fourth-order valence-electron chi connectivity index (χ4n) is 2.93. The molecule has 1 heterocycles. The number of aromatic nitrogens is 1. The number of nitrogens with two attached hydrogens (primary N) is 2. The zero-order valence-electron chi connectivity index (χ0n) is 14.3. The van der Waals surface area contributed by atoms with E-state index in [1.165, 1.54) is 24.3 Å². The highest BCUT2D eigenvalue weighted by atomic mass is 16.5. The van der Waals surface area contributed by atoms with Crippen molar-refractivity contribution in [2.24, 2.45) is 11.6 Å². The lowest BCUT2D eigenvalue weighted by Gasteiger charge is -2.24. The van der Waals surface area contributed by atoms with E-state index in [2.05, 4.69) is 10.9 Å². The van der Waals surface area contributed by atoms with Crippen LogP contribution in [-0.4, -0.2) is 34.4 Å². The standard InChI is InChI=1S/C18H26N4O2/c1-4-15(23)18(22(3)20)17(19)14-10-11-16(12(2)21-14)24-13-8-6-5-7-9-13/h1,10-11,13,15,23H,5-9,19-20H2,2-3H3/b18-17-. The number of likely N-dealkylation sites (N-methyl/N-ethyl adjacent to an activating group) is 1. The van der Waals surface area contributed by atoms with Crippen LogP contribution in [0.15, 0.2) is 17.8 Å². The number of rotatable bonds is 5. The van der Waals surface area contributed by atoms with Crippen molar-refractivity contribution in [3.8, 4) is 18.1 Å². The Morgan fingerprint density at radius 3 is 2.62 bits per heavy atom. The summed E-state index contributed by atoms with van der Waals surface area (Å²) in [7, 11) is 1.57. The molecule has 0 aliphatic heterocycles. The number of aliphatic hydroxyl groups excluding tert-OH is 1. The highest BCUT2D eigenvalue weighted by Gasteiger charge is 2.19. The summed E-state index contributed by atoms with van der Waals surface area (Å²) >= 11 is 0. The molecule has 1 aromatic heterocycles. The van der Waals surface area contributed by atoms with E-state index in [9.17, 15) is 5.11 Å². The van der Waals surface area contributed by atoms with Gasteiger partial charge in [0, 0.05) is 7.05 Å². The zero-order chi connectivity index (χ0) is 17.7. The molecule has 1 unspecified atom stereocenters. The smallest absolute Gasteiger partial charge is 0.157 e. The molecular formula is C18H26N4O2. The van der Waals surface area contributed by atoms with E-state index >= 15 is 0 Å². The molecule has 0 spiro atoms. The van der Waals surface area contributed by atoms with Gasteiger partial charge in [-0.3, -0.25) is 0 Å². The minimum absolute atomic E-state index is 0.241. The maximum Gasteiger partial charge on any atom is 0.157 e. The Balaban J connectivity index is 2.26. The van der Waals surface area contributed by atoms with E-state index in [0.717, 1.165) is 24.3 Å². The summed E-state index contributed by atoms with van der Waals surface area (Å²) in [5.41, 5.74) is 7.86. The quantitative estimate of drug-likeness (QED) is 0.430. The van der Waals surface area contributed by atoms with Gasteiger partial charge in [-0.1, -0.05) is 12.3 Å². The van der Waals surface area contributed by atoms with Crippen LogP contribution in [0.25, 0.3) is 5.70 Å². The van der Waals surface area contributed by atoms with Gasteiger partial charge < -0.3 is 20.6 Å². The molecule has 1 aliphatic rings.